The maximum absolute atomic E-state index is 12.9. The Morgan fingerprint density at radius 3 is 2.91 bits per heavy atom. The Balaban J connectivity index is 1.63. The van der Waals surface area contributed by atoms with Gasteiger partial charge in [-0.25, -0.2) is 0 Å². The average molecular weight is 327 g/mol. The minimum atomic E-state index is 0.0557. The van der Waals surface area contributed by atoms with Gasteiger partial charge in [0.1, 0.15) is 0 Å². The predicted molar refractivity (Wildman–Crippen MR) is 91.6 cm³/mol. The van der Waals surface area contributed by atoms with Gasteiger partial charge >= 0.3 is 0 Å². The van der Waals surface area contributed by atoms with Crippen molar-refractivity contribution in [1.29, 1.82) is 0 Å². The van der Waals surface area contributed by atoms with E-state index in [4.69, 9.17) is 4.74 Å². The highest BCUT2D eigenvalue weighted by Gasteiger charge is 2.34. The summed E-state index contributed by atoms with van der Waals surface area (Å²) in [6.07, 6.45) is 3.69. The number of benzene rings is 1. The Hall–Kier alpha value is -1.65. The number of rotatable bonds is 3. The number of hydrogen-bond acceptors (Lipinski definition) is 3. The quantitative estimate of drug-likeness (QED) is 0.858. The molecule has 0 saturated carbocycles. The van der Waals surface area contributed by atoms with Gasteiger partial charge in [0.2, 0.25) is 5.91 Å². The summed E-state index contributed by atoms with van der Waals surface area (Å²) in [6, 6.07) is 12.6. The topological polar surface area (TPSA) is 29.5 Å². The first-order valence-corrected chi connectivity index (χ1v) is 9.23. The van der Waals surface area contributed by atoms with Crippen molar-refractivity contribution in [2.75, 3.05) is 13.2 Å². The standard InChI is InChI=1S/C19H21NO2S/c21-18(13-15-7-4-11-22-15)20-10-8-17-16(9-12-23-17)19(20)14-5-2-1-3-6-14/h1-3,5-6,9,12,15,19H,4,7-8,10-11,13H2/t15-,19+/m1/s1. The van der Waals surface area contributed by atoms with Crippen molar-refractivity contribution in [3.63, 3.8) is 0 Å². The first-order valence-electron chi connectivity index (χ1n) is 8.35. The third kappa shape index (κ3) is 2.93. The van der Waals surface area contributed by atoms with Crippen molar-refractivity contribution in [2.24, 2.45) is 0 Å². The molecular weight excluding hydrogens is 306 g/mol. The Bertz CT molecular complexity index is 676. The number of thiophene rings is 1. The molecule has 0 radical (unpaired) electrons. The molecule has 4 heteroatoms. The molecule has 0 aliphatic carbocycles. The number of ether oxygens (including phenoxy) is 1. The van der Waals surface area contributed by atoms with E-state index >= 15 is 0 Å². The molecule has 4 rings (SSSR count). The monoisotopic (exact) mass is 327 g/mol. The van der Waals surface area contributed by atoms with Crippen molar-refractivity contribution < 1.29 is 9.53 Å². The SMILES string of the molecule is O=C(C[C@H]1CCCO1)N1CCc2sccc2[C@@H]1c1ccccc1. The minimum absolute atomic E-state index is 0.0557. The molecule has 3 nitrogen and oxygen atoms in total. The van der Waals surface area contributed by atoms with Crippen LogP contribution in [0.2, 0.25) is 0 Å². The van der Waals surface area contributed by atoms with E-state index in [1.807, 2.05) is 17.4 Å². The summed E-state index contributed by atoms with van der Waals surface area (Å²) in [6.45, 7) is 1.60. The molecule has 1 aromatic carbocycles. The van der Waals surface area contributed by atoms with Crippen molar-refractivity contribution >= 4 is 17.2 Å². The number of nitrogens with zero attached hydrogens (tertiary/aromatic N) is 1. The Morgan fingerprint density at radius 2 is 2.13 bits per heavy atom. The van der Waals surface area contributed by atoms with Crippen LogP contribution in [0, 0.1) is 0 Å². The molecule has 2 aliphatic rings. The molecule has 1 aromatic heterocycles. The lowest BCUT2D eigenvalue weighted by Crippen LogP contribution is -2.41. The van der Waals surface area contributed by atoms with Gasteiger partial charge in [0.15, 0.2) is 0 Å². The van der Waals surface area contributed by atoms with Crippen molar-refractivity contribution in [3.05, 3.63) is 57.8 Å². The fourth-order valence-corrected chi connectivity index (χ4v) is 4.60. The molecule has 0 spiro atoms. The zero-order chi connectivity index (χ0) is 15.6. The molecule has 0 N–H and O–H groups in total. The lowest BCUT2D eigenvalue weighted by Gasteiger charge is -2.37. The van der Waals surface area contributed by atoms with Gasteiger partial charge in [-0.2, -0.15) is 0 Å². The zero-order valence-electron chi connectivity index (χ0n) is 13.1. The van der Waals surface area contributed by atoms with Crippen LogP contribution in [-0.4, -0.2) is 30.1 Å². The van der Waals surface area contributed by atoms with Crippen LogP contribution in [0.5, 0.6) is 0 Å². The van der Waals surface area contributed by atoms with Crippen molar-refractivity contribution in [1.82, 2.24) is 4.90 Å². The van der Waals surface area contributed by atoms with Crippen LogP contribution in [-0.2, 0) is 16.0 Å². The highest BCUT2D eigenvalue weighted by atomic mass is 32.1. The van der Waals surface area contributed by atoms with Gasteiger partial charge in [-0.15, -0.1) is 11.3 Å². The van der Waals surface area contributed by atoms with E-state index in [1.54, 1.807) is 0 Å². The van der Waals surface area contributed by atoms with Crippen LogP contribution in [0.4, 0.5) is 0 Å². The molecule has 23 heavy (non-hydrogen) atoms. The maximum atomic E-state index is 12.9. The molecule has 0 unspecified atom stereocenters. The Labute approximate surface area is 140 Å². The van der Waals surface area contributed by atoms with Crippen LogP contribution in [0.25, 0.3) is 0 Å². The molecule has 1 saturated heterocycles. The van der Waals surface area contributed by atoms with Crippen molar-refractivity contribution in [3.8, 4) is 0 Å². The number of fused-ring (bicyclic) bond motifs is 1. The smallest absolute Gasteiger partial charge is 0.225 e. The van der Waals surface area contributed by atoms with Crippen LogP contribution >= 0.6 is 11.3 Å². The zero-order valence-corrected chi connectivity index (χ0v) is 13.9. The largest absolute Gasteiger partial charge is 0.378 e. The summed E-state index contributed by atoms with van der Waals surface area (Å²) >= 11 is 1.81. The van der Waals surface area contributed by atoms with E-state index in [1.165, 1.54) is 16.0 Å². The van der Waals surface area contributed by atoms with E-state index in [0.29, 0.717) is 6.42 Å². The highest BCUT2D eigenvalue weighted by Crippen LogP contribution is 2.38. The van der Waals surface area contributed by atoms with E-state index in [2.05, 4.69) is 40.6 Å². The average Bonchev–Trinajstić information content (AvgIpc) is 3.25. The van der Waals surface area contributed by atoms with E-state index in [-0.39, 0.29) is 18.1 Å². The number of hydrogen-bond donors (Lipinski definition) is 0. The highest BCUT2D eigenvalue weighted by molar-refractivity contribution is 7.10. The number of carbonyl (C=O) groups excluding carboxylic acids is 1. The van der Waals surface area contributed by atoms with Gasteiger partial charge in [-0.1, -0.05) is 30.3 Å². The summed E-state index contributed by atoms with van der Waals surface area (Å²) in [5.41, 5.74) is 2.50. The third-order valence-corrected chi connectivity index (χ3v) is 5.82. The van der Waals surface area contributed by atoms with Gasteiger partial charge in [0, 0.05) is 18.0 Å². The molecule has 120 valence electrons. The molecule has 1 amide bonds. The van der Waals surface area contributed by atoms with E-state index in [0.717, 1.165) is 32.4 Å². The second kappa shape index (κ2) is 6.46. The van der Waals surface area contributed by atoms with Crippen LogP contribution < -0.4 is 0 Å². The lowest BCUT2D eigenvalue weighted by molar-refractivity contribution is -0.135. The Kier molecular flexibility index (Phi) is 4.19. The molecule has 0 bridgehead atoms. The summed E-state index contributed by atoms with van der Waals surface area (Å²) in [4.78, 5) is 16.4. The number of carbonyl (C=O) groups is 1. The first kappa shape index (κ1) is 14.9. The molecule has 2 aromatic rings. The summed E-state index contributed by atoms with van der Waals surface area (Å²) in [5, 5.41) is 2.15. The predicted octanol–water partition coefficient (Wildman–Crippen LogP) is 3.79. The molecule has 3 heterocycles. The van der Waals surface area contributed by atoms with Crippen LogP contribution in [0.3, 0.4) is 0 Å². The summed E-state index contributed by atoms with van der Waals surface area (Å²) in [7, 11) is 0. The fourth-order valence-electron chi connectivity index (χ4n) is 3.70. The maximum Gasteiger partial charge on any atom is 0.225 e. The van der Waals surface area contributed by atoms with Crippen LogP contribution in [0.1, 0.15) is 41.3 Å². The van der Waals surface area contributed by atoms with E-state index < -0.39 is 0 Å². The minimum Gasteiger partial charge on any atom is -0.378 e. The van der Waals surface area contributed by atoms with Gasteiger partial charge in [0.25, 0.3) is 0 Å². The second-order valence-electron chi connectivity index (χ2n) is 6.29. The first-order chi connectivity index (χ1) is 11.3. The molecule has 2 aliphatic heterocycles. The third-order valence-electron chi connectivity index (χ3n) is 4.83. The van der Waals surface area contributed by atoms with Gasteiger partial charge in [-0.05, 0) is 41.8 Å². The summed E-state index contributed by atoms with van der Waals surface area (Å²) in [5.74, 6) is 0.225. The number of amides is 1. The van der Waals surface area contributed by atoms with Gasteiger partial charge in [0.05, 0.1) is 18.6 Å². The molecule has 2 atom stereocenters. The van der Waals surface area contributed by atoms with Gasteiger partial charge in [-0.3, -0.25) is 4.79 Å². The van der Waals surface area contributed by atoms with Gasteiger partial charge < -0.3 is 9.64 Å². The fraction of sp³-hybridized carbons (Fsp3) is 0.421. The second-order valence-corrected chi connectivity index (χ2v) is 7.29. The van der Waals surface area contributed by atoms with E-state index in [9.17, 15) is 4.79 Å². The van der Waals surface area contributed by atoms with Crippen molar-refractivity contribution in [2.45, 2.75) is 37.8 Å². The normalized spacial score (nSPS) is 23.7. The Morgan fingerprint density at radius 1 is 1.26 bits per heavy atom. The molecule has 1 fully saturated rings. The van der Waals surface area contributed by atoms with Crippen LogP contribution in [0.15, 0.2) is 41.8 Å². The lowest BCUT2D eigenvalue weighted by atomic mass is 9.92. The molecular formula is C19H21NO2S. The summed E-state index contributed by atoms with van der Waals surface area (Å²) < 4.78 is 5.66.